The summed E-state index contributed by atoms with van der Waals surface area (Å²) in [5.41, 5.74) is 7.91. The molecule has 2 rings (SSSR count). The number of amides is 1. The molecular formula is C15H13IN2OS. The predicted octanol–water partition coefficient (Wildman–Crippen LogP) is 3.37. The van der Waals surface area contributed by atoms with Crippen LogP contribution in [0.2, 0.25) is 0 Å². The van der Waals surface area contributed by atoms with Crippen molar-refractivity contribution in [3.05, 3.63) is 63.2 Å². The lowest BCUT2D eigenvalue weighted by Crippen LogP contribution is -2.12. The molecule has 0 saturated heterocycles. The molecule has 20 heavy (non-hydrogen) atoms. The van der Waals surface area contributed by atoms with E-state index < -0.39 is 0 Å². The van der Waals surface area contributed by atoms with E-state index in [-0.39, 0.29) is 5.91 Å². The molecule has 0 aliphatic carbocycles. The van der Waals surface area contributed by atoms with Crippen molar-refractivity contribution in [1.82, 2.24) is 0 Å². The minimum Gasteiger partial charge on any atom is -0.393 e. The van der Waals surface area contributed by atoms with Crippen LogP contribution in [0.3, 0.4) is 0 Å². The molecule has 0 aromatic heterocycles. The Bertz CT molecular complexity index is 623. The maximum Gasteiger partial charge on any atom is 0.255 e. The van der Waals surface area contributed by atoms with E-state index in [1.807, 2.05) is 36.4 Å². The molecule has 0 aliphatic rings. The zero-order valence-corrected chi connectivity index (χ0v) is 13.6. The molecule has 0 saturated carbocycles. The first-order valence-corrected chi connectivity index (χ1v) is 7.47. The highest BCUT2D eigenvalue weighted by atomic mass is 127. The average Bonchev–Trinajstić information content (AvgIpc) is 2.41. The molecule has 0 radical (unpaired) electrons. The first-order valence-electron chi connectivity index (χ1n) is 5.99. The van der Waals surface area contributed by atoms with Crippen LogP contribution in [0.5, 0.6) is 0 Å². The molecule has 5 heteroatoms. The van der Waals surface area contributed by atoms with E-state index in [0.29, 0.717) is 17.0 Å². The van der Waals surface area contributed by atoms with Gasteiger partial charge in [0.15, 0.2) is 0 Å². The van der Waals surface area contributed by atoms with Crippen molar-refractivity contribution < 1.29 is 4.79 Å². The van der Waals surface area contributed by atoms with Gasteiger partial charge in [-0.3, -0.25) is 4.79 Å². The zero-order valence-electron chi connectivity index (χ0n) is 10.6. The van der Waals surface area contributed by atoms with E-state index in [0.717, 1.165) is 14.8 Å². The van der Waals surface area contributed by atoms with Gasteiger partial charge in [-0.05, 0) is 64.6 Å². The van der Waals surface area contributed by atoms with E-state index in [1.54, 1.807) is 12.1 Å². The first kappa shape index (κ1) is 14.9. The fourth-order valence-corrected chi connectivity index (χ4v) is 2.24. The number of rotatable bonds is 4. The van der Waals surface area contributed by atoms with Crippen LogP contribution in [0.25, 0.3) is 0 Å². The van der Waals surface area contributed by atoms with Crippen LogP contribution >= 0.6 is 34.8 Å². The number of nitrogens with two attached hydrogens (primary N) is 1. The third kappa shape index (κ3) is 4.28. The zero-order chi connectivity index (χ0) is 14.5. The number of carbonyl (C=O) groups excluding carboxylic acids is 1. The van der Waals surface area contributed by atoms with Crippen molar-refractivity contribution in [1.29, 1.82) is 0 Å². The molecule has 0 spiro atoms. The van der Waals surface area contributed by atoms with E-state index in [9.17, 15) is 4.79 Å². The molecule has 0 bridgehead atoms. The molecule has 0 aliphatic heterocycles. The highest BCUT2D eigenvalue weighted by Crippen LogP contribution is 2.13. The third-order valence-electron chi connectivity index (χ3n) is 2.70. The molecular weight excluding hydrogens is 383 g/mol. The Morgan fingerprint density at radius 2 is 1.70 bits per heavy atom. The van der Waals surface area contributed by atoms with Gasteiger partial charge in [0.25, 0.3) is 5.91 Å². The molecule has 0 heterocycles. The fraction of sp³-hybridized carbons (Fsp3) is 0.0667. The van der Waals surface area contributed by atoms with Crippen LogP contribution < -0.4 is 11.1 Å². The molecule has 2 aromatic carbocycles. The van der Waals surface area contributed by atoms with Gasteiger partial charge >= 0.3 is 0 Å². The van der Waals surface area contributed by atoms with Gasteiger partial charge < -0.3 is 11.1 Å². The summed E-state index contributed by atoms with van der Waals surface area (Å²) in [5.74, 6) is -0.122. The van der Waals surface area contributed by atoms with Gasteiger partial charge in [0, 0.05) is 21.2 Å². The largest absolute Gasteiger partial charge is 0.393 e. The summed E-state index contributed by atoms with van der Waals surface area (Å²) in [7, 11) is 0. The predicted molar refractivity (Wildman–Crippen MR) is 94.0 cm³/mol. The number of hydrogen-bond donors (Lipinski definition) is 2. The summed E-state index contributed by atoms with van der Waals surface area (Å²) in [4.78, 5) is 12.5. The van der Waals surface area contributed by atoms with Crippen LogP contribution in [-0.4, -0.2) is 10.9 Å². The lowest BCUT2D eigenvalue weighted by Gasteiger charge is -2.06. The number of hydrogen-bond acceptors (Lipinski definition) is 2. The summed E-state index contributed by atoms with van der Waals surface area (Å²) in [6, 6.07) is 14.9. The Labute approximate surface area is 136 Å². The van der Waals surface area contributed by atoms with Gasteiger partial charge in [-0.1, -0.05) is 24.4 Å². The van der Waals surface area contributed by atoms with Crippen LogP contribution in [0.4, 0.5) is 5.69 Å². The van der Waals surface area contributed by atoms with E-state index >= 15 is 0 Å². The third-order valence-corrected chi connectivity index (χ3v) is 3.56. The minimum absolute atomic E-state index is 0.122. The molecule has 102 valence electrons. The quantitative estimate of drug-likeness (QED) is 0.616. The van der Waals surface area contributed by atoms with Crippen molar-refractivity contribution in [3.63, 3.8) is 0 Å². The van der Waals surface area contributed by atoms with Gasteiger partial charge in [0.1, 0.15) is 0 Å². The normalized spacial score (nSPS) is 10.1. The number of carbonyl (C=O) groups is 1. The molecule has 2 aromatic rings. The Kier molecular flexibility index (Phi) is 5.08. The molecule has 3 N–H and O–H groups in total. The van der Waals surface area contributed by atoms with Gasteiger partial charge in [-0.2, -0.15) is 0 Å². The molecule has 1 amide bonds. The van der Waals surface area contributed by atoms with Crippen molar-refractivity contribution in [2.24, 2.45) is 5.73 Å². The summed E-state index contributed by atoms with van der Waals surface area (Å²) in [6.45, 7) is 0. The van der Waals surface area contributed by atoms with Gasteiger partial charge in [-0.25, -0.2) is 0 Å². The van der Waals surface area contributed by atoms with Gasteiger partial charge in [-0.15, -0.1) is 0 Å². The van der Waals surface area contributed by atoms with E-state index in [2.05, 4.69) is 27.9 Å². The van der Waals surface area contributed by atoms with Crippen LogP contribution in [0.1, 0.15) is 15.9 Å². The summed E-state index contributed by atoms with van der Waals surface area (Å²) in [5, 5.41) is 2.85. The Balaban J connectivity index is 2.04. The summed E-state index contributed by atoms with van der Waals surface area (Å²) < 4.78 is 1.10. The molecule has 0 fully saturated rings. The SMILES string of the molecule is NC(=S)Cc1ccc(NC(=O)c2ccc(I)cc2)cc1. The summed E-state index contributed by atoms with van der Waals surface area (Å²) in [6.07, 6.45) is 0.570. The summed E-state index contributed by atoms with van der Waals surface area (Å²) >= 11 is 7.07. The second kappa shape index (κ2) is 6.81. The number of thiocarbonyl (C=S) groups is 1. The lowest BCUT2D eigenvalue weighted by molar-refractivity contribution is 0.102. The fourth-order valence-electron chi connectivity index (χ4n) is 1.71. The Morgan fingerprint density at radius 3 is 2.25 bits per heavy atom. The molecule has 3 nitrogen and oxygen atoms in total. The van der Waals surface area contributed by atoms with Crippen molar-refractivity contribution in [2.75, 3.05) is 5.32 Å². The highest BCUT2D eigenvalue weighted by Gasteiger charge is 2.05. The van der Waals surface area contributed by atoms with Gasteiger partial charge in [0.2, 0.25) is 0 Å². The highest BCUT2D eigenvalue weighted by molar-refractivity contribution is 14.1. The van der Waals surface area contributed by atoms with Crippen LogP contribution in [-0.2, 0) is 6.42 Å². The average molecular weight is 396 g/mol. The van der Waals surface area contributed by atoms with Crippen molar-refractivity contribution in [3.8, 4) is 0 Å². The monoisotopic (exact) mass is 396 g/mol. The standard InChI is InChI=1S/C15H13IN2OS/c16-12-5-3-11(4-6-12)15(19)18-13-7-1-10(2-8-13)9-14(17)20/h1-8H,9H2,(H2,17,20)(H,18,19). The number of anilines is 1. The van der Waals surface area contributed by atoms with E-state index in [1.165, 1.54) is 0 Å². The second-order valence-corrected chi connectivity index (χ2v) is 6.07. The maximum atomic E-state index is 12.0. The first-order chi connectivity index (χ1) is 9.54. The van der Waals surface area contributed by atoms with Crippen LogP contribution in [0, 0.1) is 3.57 Å². The lowest BCUT2D eigenvalue weighted by atomic mass is 10.1. The smallest absolute Gasteiger partial charge is 0.255 e. The Hall–Kier alpha value is -1.47. The second-order valence-electron chi connectivity index (χ2n) is 4.30. The molecule has 0 unspecified atom stereocenters. The maximum absolute atomic E-state index is 12.0. The topological polar surface area (TPSA) is 55.1 Å². The number of nitrogens with one attached hydrogen (secondary N) is 1. The molecule has 0 atom stereocenters. The Morgan fingerprint density at radius 1 is 1.10 bits per heavy atom. The van der Waals surface area contributed by atoms with Gasteiger partial charge in [0.05, 0.1) is 4.99 Å². The minimum atomic E-state index is -0.122. The van der Waals surface area contributed by atoms with E-state index in [4.69, 9.17) is 18.0 Å². The number of halogens is 1. The van der Waals surface area contributed by atoms with Crippen molar-refractivity contribution >= 4 is 51.4 Å². The van der Waals surface area contributed by atoms with Crippen LogP contribution in [0.15, 0.2) is 48.5 Å². The number of benzene rings is 2. The van der Waals surface area contributed by atoms with Crippen molar-refractivity contribution in [2.45, 2.75) is 6.42 Å².